The van der Waals surface area contributed by atoms with Crippen molar-refractivity contribution < 1.29 is 5.11 Å². The fraction of sp³-hybridized carbons (Fsp3) is 0.167. The molecule has 0 atom stereocenters. The number of nitrogens with zero attached hydrogens (tertiary/aromatic N) is 3. The summed E-state index contributed by atoms with van der Waals surface area (Å²) in [4.78, 5) is 13.1. The van der Waals surface area contributed by atoms with E-state index < -0.39 is 0 Å². The summed E-state index contributed by atoms with van der Waals surface area (Å²) in [6.07, 6.45) is 3.47. The van der Waals surface area contributed by atoms with Crippen molar-refractivity contribution in [2.24, 2.45) is 0 Å². The van der Waals surface area contributed by atoms with Crippen molar-refractivity contribution in [3.8, 4) is 11.3 Å². The van der Waals surface area contributed by atoms with E-state index in [0.29, 0.717) is 18.3 Å². The normalized spacial score (nSPS) is 10.5. The van der Waals surface area contributed by atoms with E-state index in [1.165, 1.54) is 5.56 Å². The van der Waals surface area contributed by atoms with Crippen LogP contribution in [-0.2, 0) is 0 Å². The van der Waals surface area contributed by atoms with Gasteiger partial charge in [0.25, 0.3) is 0 Å². The highest BCUT2D eigenvalue weighted by atomic mass is 79.9. The number of aromatic nitrogens is 3. The first-order chi connectivity index (χ1) is 12.2. The third-order valence-electron chi connectivity index (χ3n) is 3.47. The molecule has 0 fully saturated rings. The highest BCUT2D eigenvalue weighted by molar-refractivity contribution is 9.10. The maximum absolute atomic E-state index is 9.03. The molecule has 128 valence electrons. The van der Waals surface area contributed by atoms with E-state index in [2.05, 4.69) is 41.5 Å². The van der Waals surface area contributed by atoms with Gasteiger partial charge >= 0.3 is 0 Å². The van der Waals surface area contributed by atoms with Crippen LogP contribution < -0.4 is 10.6 Å². The summed E-state index contributed by atoms with van der Waals surface area (Å²) < 4.78 is 0.957. The van der Waals surface area contributed by atoms with E-state index in [4.69, 9.17) is 5.11 Å². The van der Waals surface area contributed by atoms with Crippen LogP contribution in [0.5, 0.6) is 0 Å². The monoisotopic (exact) mass is 399 g/mol. The molecule has 25 heavy (non-hydrogen) atoms. The summed E-state index contributed by atoms with van der Waals surface area (Å²) in [5.41, 5.74) is 3.72. The largest absolute Gasteiger partial charge is 0.395 e. The molecule has 0 radical (unpaired) electrons. The summed E-state index contributed by atoms with van der Waals surface area (Å²) >= 11 is 3.56. The Morgan fingerprint density at radius 3 is 2.76 bits per heavy atom. The van der Waals surface area contributed by atoms with Crippen LogP contribution in [0.3, 0.4) is 0 Å². The first-order valence-electron chi connectivity index (χ1n) is 7.83. The SMILES string of the molecule is Cc1ccc(Nc2cc(-c3cccnc3)nc(NCCO)n2)c(Br)c1. The van der Waals surface area contributed by atoms with Crippen molar-refractivity contribution in [3.63, 3.8) is 0 Å². The third-order valence-corrected chi connectivity index (χ3v) is 4.12. The standard InChI is InChI=1S/C18H18BrN5O/c1-12-4-5-15(14(19)9-12)22-17-10-16(13-3-2-6-20-11-13)23-18(24-17)21-7-8-25/h2-6,9-11,25H,7-8H2,1H3,(H2,21,22,23,24). The molecule has 0 unspecified atom stereocenters. The average Bonchev–Trinajstić information content (AvgIpc) is 2.63. The van der Waals surface area contributed by atoms with Gasteiger partial charge in [0, 0.05) is 35.0 Å². The number of aryl methyl sites for hydroxylation is 1. The summed E-state index contributed by atoms with van der Waals surface area (Å²) in [6, 6.07) is 11.7. The maximum atomic E-state index is 9.03. The molecule has 0 saturated carbocycles. The van der Waals surface area contributed by atoms with Crippen LogP contribution in [0.25, 0.3) is 11.3 Å². The second kappa shape index (κ2) is 8.04. The quantitative estimate of drug-likeness (QED) is 0.585. The summed E-state index contributed by atoms with van der Waals surface area (Å²) in [6.45, 7) is 2.42. The Labute approximate surface area is 154 Å². The van der Waals surface area contributed by atoms with E-state index in [-0.39, 0.29) is 6.61 Å². The Kier molecular flexibility index (Phi) is 5.57. The minimum atomic E-state index is 0.00670. The molecule has 2 heterocycles. The number of aliphatic hydroxyl groups excluding tert-OH is 1. The summed E-state index contributed by atoms with van der Waals surface area (Å²) in [5.74, 6) is 1.10. The zero-order chi connectivity index (χ0) is 17.6. The number of halogens is 1. The molecule has 0 amide bonds. The second-order valence-electron chi connectivity index (χ2n) is 5.46. The van der Waals surface area contributed by atoms with Crippen molar-refractivity contribution in [1.82, 2.24) is 15.0 Å². The second-order valence-corrected chi connectivity index (χ2v) is 6.32. The van der Waals surface area contributed by atoms with Crippen molar-refractivity contribution in [1.29, 1.82) is 0 Å². The van der Waals surface area contributed by atoms with Gasteiger partial charge in [-0.3, -0.25) is 4.98 Å². The number of hydrogen-bond donors (Lipinski definition) is 3. The zero-order valence-electron chi connectivity index (χ0n) is 13.7. The van der Waals surface area contributed by atoms with Crippen molar-refractivity contribution in [2.75, 3.05) is 23.8 Å². The highest BCUT2D eigenvalue weighted by Crippen LogP contribution is 2.28. The van der Waals surface area contributed by atoms with Crippen LogP contribution in [-0.4, -0.2) is 33.2 Å². The Balaban J connectivity index is 1.96. The molecule has 1 aromatic carbocycles. The molecule has 3 aromatic rings. The molecular formula is C18H18BrN5O. The lowest BCUT2D eigenvalue weighted by molar-refractivity contribution is 0.311. The van der Waals surface area contributed by atoms with Gasteiger partial charge in [-0.15, -0.1) is 0 Å². The van der Waals surface area contributed by atoms with Crippen LogP contribution in [0.2, 0.25) is 0 Å². The third kappa shape index (κ3) is 4.52. The lowest BCUT2D eigenvalue weighted by atomic mass is 10.2. The average molecular weight is 400 g/mol. The van der Waals surface area contributed by atoms with E-state index in [0.717, 1.165) is 21.4 Å². The van der Waals surface area contributed by atoms with Gasteiger partial charge in [-0.05, 0) is 52.7 Å². The smallest absolute Gasteiger partial charge is 0.225 e. The van der Waals surface area contributed by atoms with E-state index in [1.807, 2.05) is 43.3 Å². The molecule has 3 N–H and O–H groups in total. The molecule has 6 nitrogen and oxygen atoms in total. The Bertz CT molecular complexity index is 857. The van der Waals surface area contributed by atoms with Gasteiger partial charge in [0.15, 0.2) is 0 Å². The van der Waals surface area contributed by atoms with Gasteiger partial charge in [-0.1, -0.05) is 6.07 Å². The van der Waals surface area contributed by atoms with Gasteiger partial charge in [0.2, 0.25) is 5.95 Å². The van der Waals surface area contributed by atoms with Gasteiger partial charge in [-0.25, -0.2) is 4.98 Å². The van der Waals surface area contributed by atoms with Crippen molar-refractivity contribution >= 4 is 33.4 Å². The maximum Gasteiger partial charge on any atom is 0.225 e. The number of nitrogens with one attached hydrogen (secondary N) is 2. The van der Waals surface area contributed by atoms with Gasteiger partial charge < -0.3 is 15.7 Å². The predicted octanol–water partition coefficient (Wildman–Crippen LogP) is 3.76. The van der Waals surface area contributed by atoms with Gasteiger partial charge in [0.05, 0.1) is 18.0 Å². The Morgan fingerprint density at radius 1 is 1.16 bits per heavy atom. The van der Waals surface area contributed by atoms with Crippen molar-refractivity contribution in [2.45, 2.75) is 6.92 Å². The molecule has 7 heteroatoms. The zero-order valence-corrected chi connectivity index (χ0v) is 15.3. The number of anilines is 3. The first-order valence-corrected chi connectivity index (χ1v) is 8.62. The highest BCUT2D eigenvalue weighted by Gasteiger charge is 2.09. The van der Waals surface area contributed by atoms with Crippen LogP contribution in [0, 0.1) is 6.92 Å². The van der Waals surface area contributed by atoms with Crippen LogP contribution in [0.15, 0.2) is 53.3 Å². The molecule has 0 bridgehead atoms. The Hall–Kier alpha value is -2.51. The number of pyridine rings is 1. The van der Waals surface area contributed by atoms with E-state index in [1.54, 1.807) is 12.4 Å². The molecule has 3 rings (SSSR count). The molecule has 0 saturated heterocycles. The minimum Gasteiger partial charge on any atom is -0.395 e. The van der Waals surface area contributed by atoms with Crippen LogP contribution in [0.1, 0.15) is 5.56 Å². The van der Waals surface area contributed by atoms with Gasteiger partial charge in [-0.2, -0.15) is 4.98 Å². The number of hydrogen-bond acceptors (Lipinski definition) is 6. The van der Waals surface area contributed by atoms with Crippen LogP contribution >= 0.6 is 15.9 Å². The fourth-order valence-electron chi connectivity index (χ4n) is 2.28. The van der Waals surface area contributed by atoms with Crippen LogP contribution in [0.4, 0.5) is 17.5 Å². The lowest BCUT2D eigenvalue weighted by Gasteiger charge is -2.12. The molecule has 0 spiro atoms. The predicted molar refractivity (Wildman–Crippen MR) is 103 cm³/mol. The van der Waals surface area contributed by atoms with Crippen molar-refractivity contribution in [3.05, 3.63) is 58.8 Å². The summed E-state index contributed by atoms with van der Waals surface area (Å²) in [7, 11) is 0. The van der Waals surface area contributed by atoms with Gasteiger partial charge in [0.1, 0.15) is 5.82 Å². The molecule has 0 aliphatic carbocycles. The number of rotatable bonds is 6. The molecule has 0 aliphatic heterocycles. The number of aliphatic hydroxyl groups is 1. The Morgan fingerprint density at radius 2 is 2.04 bits per heavy atom. The first kappa shape index (κ1) is 17.3. The minimum absolute atomic E-state index is 0.00670. The van der Waals surface area contributed by atoms with E-state index >= 15 is 0 Å². The lowest BCUT2D eigenvalue weighted by Crippen LogP contribution is -2.10. The summed E-state index contributed by atoms with van der Waals surface area (Å²) in [5, 5.41) is 15.3. The molecule has 2 aromatic heterocycles. The van der Waals surface area contributed by atoms with E-state index in [9.17, 15) is 0 Å². The fourth-order valence-corrected chi connectivity index (χ4v) is 2.87. The number of benzene rings is 1. The topological polar surface area (TPSA) is 83.0 Å². The molecular weight excluding hydrogens is 382 g/mol. The molecule has 0 aliphatic rings.